The molecular weight excluding hydrogens is 264 g/mol. The van der Waals surface area contributed by atoms with Crippen LogP contribution in [0.2, 0.25) is 0 Å². The van der Waals surface area contributed by atoms with Gasteiger partial charge in [0.2, 0.25) is 0 Å². The Labute approximate surface area is 126 Å². The molecule has 3 rings (SSSR count). The zero-order valence-electron chi connectivity index (χ0n) is 12.9. The van der Waals surface area contributed by atoms with Gasteiger partial charge in [-0.25, -0.2) is 4.68 Å². The molecule has 0 radical (unpaired) electrons. The highest BCUT2D eigenvalue weighted by molar-refractivity contribution is 4.87. The minimum Gasteiger partial charge on any atom is -0.303 e. The van der Waals surface area contributed by atoms with E-state index in [-0.39, 0.29) is 5.56 Å². The SMILES string of the molecule is CN1CCCCC1CCN1CC(Cn2ncccc2=O)C1. The molecule has 0 spiro atoms. The Balaban J connectivity index is 1.38. The zero-order valence-corrected chi connectivity index (χ0v) is 12.9. The number of hydrogen-bond acceptors (Lipinski definition) is 4. The molecule has 21 heavy (non-hydrogen) atoms. The number of nitrogens with zero attached hydrogens (tertiary/aromatic N) is 4. The monoisotopic (exact) mass is 290 g/mol. The summed E-state index contributed by atoms with van der Waals surface area (Å²) in [7, 11) is 2.26. The van der Waals surface area contributed by atoms with Gasteiger partial charge in [-0.3, -0.25) is 4.79 Å². The summed E-state index contributed by atoms with van der Waals surface area (Å²) in [6, 6.07) is 4.06. The van der Waals surface area contributed by atoms with Crippen LogP contribution in [0.1, 0.15) is 25.7 Å². The van der Waals surface area contributed by atoms with Crippen molar-refractivity contribution < 1.29 is 0 Å². The Morgan fingerprint density at radius 2 is 2.19 bits per heavy atom. The van der Waals surface area contributed by atoms with Crippen LogP contribution in [-0.2, 0) is 6.54 Å². The van der Waals surface area contributed by atoms with Crippen LogP contribution in [0.5, 0.6) is 0 Å². The van der Waals surface area contributed by atoms with Crippen LogP contribution in [0.25, 0.3) is 0 Å². The molecule has 0 aliphatic carbocycles. The molecule has 0 amide bonds. The van der Waals surface area contributed by atoms with Gasteiger partial charge in [0, 0.05) is 37.3 Å². The summed E-state index contributed by atoms with van der Waals surface area (Å²) in [5, 5.41) is 4.13. The van der Waals surface area contributed by atoms with Gasteiger partial charge < -0.3 is 9.80 Å². The maximum Gasteiger partial charge on any atom is 0.266 e. The summed E-state index contributed by atoms with van der Waals surface area (Å²) in [6.07, 6.45) is 7.08. The lowest BCUT2D eigenvalue weighted by Gasteiger charge is -2.41. The molecule has 1 atom stereocenters. The van der Waals surface area contributed by atoms with Gasteiger partial charge >= 0.3 is 0 Å². The van der Waals surface area contributed by atoms with E-state index < -0.39 is 0 Å². The number of piperidine rings is 1. The predicted molar refractivity (Wildman–Crippen MR) is 83.3 cm³/mol. The Kier molecular flexibility index (Phi) is 4.70. The van der Waals surface area contributed by atoms with E-state index in [1.807, 2.05) is 0 Å². The molecule has 0 N–H and O–H groups in total. The van der Waals surface area contributed by atoms with Crippen LogP contribution in [0.15, 0.2) is 23.1 Å². The first-order valence-corrected chi connectivity index (χ1v) is 8.17. The van der Waals surface area contributed by atoms with E-state index in [1.165, 1.54) is 38.8 Å². The van der Waals surface area contributed by atoms with Crippen LogP contribution >= 0.6 is 0 Å². The summed E-state index contributed by atoms with van der Waals surface area (Å²) >= 11 is 0. The van der Waals surface area contributed by atoms with Gasteiger partial charge in [-0.1, -0.05) is 6.42 Å². The average molecular weight is 290 g/mol. The quantitative estimate of drug-likeness (QED) is 0.813. The molecule has 0 saturated carbocycles. The van der Waals surface area contributed by atoms with E-state index in [0.717, 1.165) is 25.7 Å². The highest BCUT2D eigenvalue weighted by atomic mass is 16.1. The second kappa shape index (κ2) is 6.71. The van der Waals surface area contributed by atoms with Crippen molar-refractivity contribution in [3.8, 4) is 0 Å². The largest absolute Gasteiger partial charge is 0.303 e. The van der Waals surface area contributed by atoms with Gasteiger partial charge in [-0.05, 0) is 45.5 Å². The molecule has 0 bridgehead atoms. The fraction of sp³-hybridized carbons (Fsp3) is 0.750. The molecule has 2 aliphatic rings. The first-order chi connectivity index (χ1) is 10.2. The molecule has 2 fully saturated rings. The van der Waals surface area contributed by atoms with Crippen LogP contribution in [0.4, 0.5) is 0 Å². The first kappa shape index (κ1) is 14.7. The van der Waals surface area contributed by atoms with Gasteiger partial charge in [0.1, 0.15) is 0 Å². The van der Waals surface area contributed by atoms with Gasteiger partial charge in [-0.2, -0.15) is 5.10 Å². The second-order valence-electron chi connectivity index (χ2n) is 6.59. The smallest absolute Gasteiger partial charge is 0.266 e. The van der Waals surface area contributed by atoms with Gasteiger partial charge in [0.05, 0.1) is 6.54 Å². The van der Waals surface area contributed by atoms with Crippen molar-refractivity contribution in [3.05, 3.63) is 28.7 Å². The Morgan fingerprint density at radius 3 is 2.95 bits per heavy atom. The molecule has 116 valence electrons. The minimum absolute atomic E-state index is 0.0137. The van der Waals surface area contributed by atoms with Gasteiger partial charge in [-0.15, -0.1) is 0 Å². The summed E-state index contributed by atoms with van der Waals surface area (Å²) in [6.45, 7) is 5.44. The fourth-order valence-electron chi connectivity index (χ4n) is 3.58. The number of hydrogen-bond donors (Lipinski definition) is 0. The summed E-state index contributed by atoms with van der Waals surface area (Å²) in [5.74, 6) is 0.585. The Morgan fingerprint density at radius 1 is 1.33 bits per heavy atom. The van der Waals surface area contributed by atoms with Crippen molar-refractivity contribution in [2.45, 2.75) is 38.3 Å². The normalized spacial score (nSPS) is 24.9. The third-order valence-corrected chi connectivity index (χ3v) is 4.95. The third-order valence-electron chi connectivity index (χ3n) is 4.95. The molecule has 0 aromatic carbocycles. The van der Waals surface area contributed by atoms with Crippen LogP contribution in [-0.4, -0.2) is 58.8 Å². The Bertz CT molecular complexity index is 509. The fourth-order valence-corrected chi connectivity index (χ4v) is 3.58. The molecule has 2 saturated heterocycles. The molecule has 1 unspecified atom stereocenters. The van der Waals surface area contributed by atoms with Crippen LogP contribution in [0, 0.1) is 5.92 Å². The molecule has 1 aromatic heterocycles. The van der Waals surface area contributed by atoms with Crippen molar-refractivity contribution in [1.29, 1.82) is 0 Å². The lowest BCUT2D eigenvalue weighted by molar-refractivity contribution is 0.0673. The van der Waals surface area contributed by atoms with E-state index in [9.17, 15) is 4.79 Å². The zero-order chi connectivity index (χ0) is 14.7. The molecule has 2 aliphatic heterocycles. The Hall–Kier alpha value is -1.20. The minimum atomic E-state index is 0.0137. The maximum atomic E-state index is 11.6. The van der Waals surface area contributed by atoms with Crippen LogP contribution in [0.3, 0.4) is 0 Å². The summed E-state index contributed by atoms with van der Waals surface area (Å²) in [5.41, 5.74) is 0.0137. The summed E-state index contributed by atoms with van der Waals surface area (Å²) < 4.78 is 1.59. The molecule has 1 aromatic rings. The molecule has 5 nitrogen and oxygen atoms in total. The topological polar surface area (TPSA) is 41.4 Å². The van der Waals surface area contributed by atoms with Gasteiger partial charge in [0.15, 0.2) is 0 Å². The lowest BCUT2D eigenvalue weighted by atomic mass is 9.96. The molecular formula is C16H26N4O. The van der Waals surface area contributed by atoms with E-state index >= 15 is 0 Å². The van der Waals surface area contributed by atoms with E-state index in [4.69, 9.17) is 0 Å². The van der Waals surface area contributed by atoms with Crippen molar-refractivity contribution >= 4 is 0 Å². The highest BCUT2D eigenvalue weighted by Gasteiger charge is 2.28. The van der Waals surface area contributed by atoms with Crippen molar-refractivity contribution in [3.63, 3.8) is 0 Å². The lowest BCUT2D eigenvalue weighted by Crippen LogP contribution is -2.51. The van der Waals surface area contributed by atoms with E-state index in [0.29, 0.717) is 5.92 Å². The third kappa shape index (κ3) is 3.71. The number of likely N-dealkylation sites (tertiary alicyclic amines) is 2. The second-order valence-corrected chi connectivity index (χ2v) is 6.59. The first-order valence-electron chi connectivity index (χ1n) is 8.17. The van der Waals surface area contributed by atoms with Crippen molar-refractivity contribution in [2.75, 3.05) is 33.2 Å². The molecule has 5 heteroatoms. The van der Waals surface area contributed by atoms with Crippen molar-refractivity contribution in [1.82, 2.24) is 19.6 Å². The maximum absolute atomic E-state index is 11.6. The van der Waals surface area contributed by atoms with E-state index in [1.54, 1.807) is 23.0 Å². The van der Waals surface area contributed by atoms with Crippen LogP contribution < -0.4 is 5.56 Å². The summed E-state index contributed by atoms with van der Waals surface area (Å²) in [4.78, 5) is 16.7. The highest BCUT2D eigenvalue weighted by Crippen LogP contribution is 2.21. The van der Waals surface area contributed by atoms with E-state index in [2.05, 4.69) is 21.9 Å². The number of rotatable bonds is 5. The average Bonchev–Trinajstić information content (AvgIpc) is 2.45. The number of aromatic nitrogens is 2. The predicted octanol–water partition coefficient (Wildman–Crippen LogP) is 1.05. The molecule has 3 heterocycles. The van der Waals surface area contributed by atoms with Gasteiger partial charge in [0.25, 0.3) is 5.56 Å². The standard InChI is InChI=1S/C16H26N4O/c1-18-9-3-2-5-15(18)7-10-19-11-14(12-19)13-20-16(21)6-4-8-17-20/h4,6,8,14-15H,2-3,5,7,9-13H2,1H3. The van der Waals surface area contributed by atoms with Crippen molar-refractivity contribution in [2.24, 2.45) is 5.92 Å².